The molecule has 0 spiro atoms. The number of amides is 1. The fourth-order valence-electron chi connectivity index (χ4n) is 1.80. The average molecular weight is 325 g/mol. The van der Waals surface area contributed by atoms with E-state index in [-0.39, 0.29) is 16.3 Å². The third kappa shape index (κ3) is 3.51. The third-order valence-corrected chi connectivity index (χ3v) is 3.31. The highest BCUT2D eigenvalue weighted by Crippen LogP contribution is 2.25. The maximum absolute atomic E-state index is 12.2. The van der Waals surface area contributed by atoms with Crippen LogP contribution in [0.4, 0.5) is 11.4 Å². The first-order valence-corrected chi connectivity index (χ1v) is 6.65. The van der Waals surface area contributed by atoms with Crippen molar-refractivity contribution in [1.82, 2.24) is 0 Å². The second-order valence-corrected chi connectivity index (χ2v) is 5.20. The lowest BCUT2D eigenvalue weighted by Crippen LogP contribution is -2.14. The molecule has 1 N–H and O–H groups in total. The van der Waals surface area contributed by atoms with Crippen LogP contribution >= 0.6 is 23.2 Å². The number of carbonyl (C=O) groups is 1. The van der Waals surface area contributed by atoms with Crippen LogP contribution < -0.4 is 5.32 Å². The number of carbonyl (C=O) groups excluding carboxylic acids is 1. The quantitative estimate of drug-likeness (QED) is 0.669. The lowest BCUT2D eigenvalue weighted by Gasteiger charge is -2.09. The van der Waals surface area contributed by atoms with E-state index in [0.29, 0.717) is 10.7 Å². The molecule has 2 rings (SSSR count). The van der Waals surface area contributed by atoms with E-state index < -0.39 is 10.8 Å². The van der Waals surface area contributed by atoms with E-state index >= 15 is 0 Å². The summed E-state index contributed by atoms with van der Waals surface area (Å²) in [6, 6.07) is 8.84. The zero-order chi connectivity index (χ0) is 15.6. The van der Waals surface area contributed by atoms with Crippen LogP contribution in [0.25, 0.3) is 0 Å². The maximum Gasteiger partial charge on any atom is 0.283 e. The van der Waals surface area contributed by atoms with Crippen molar-refractivity contribution in [3.05, 3.63) is 67.7 Å². The fraction of sp³-hybridized carbons (Fsp3) is 0.0714. The summed E-state index contributed by atoms with van der Waals surface area (Å²) in [6.45, 7) is 1.78. The van der Waals surface area contributed by atoms with Crippen LogP contribution in [-0.2, 0) is 0 Å². The molecule has 0 fully saturated rings. The van der Waals surface area contributed by atoms with Crippen molar-refractivity contribution in [2.75, 3.05) is 5.32 Å². The van der Waals surface area contributed by atoms with Crippen LogP contribution in [-0.4, -0.2) is 10.8 Å². The summed E-state index contributed by atoms with van der Waals surface area (Å²) in [5.74, 6) is -0.580. The Kier molecular flexibility index (Phi) is 4.45. The van der Waals surface area contributed by atoms with Gasteiger partial charge in [-0.3, -0.25) is 14.9 Å². The summed E-state index contributed by atoms with van der Waals surface area (Å²) in [4.78, 5) is 22.5. The number of hydrogen-bond donors (Lipinski definition) is 1. The van der Waals surface area contributed by atoms with Gasteiger partial charge in [-0.2, -0.15) is 0 Å². The molecular weight excluding hydrogens is 315 g/mol. The van der Waals surface area contributed by atoms with Crippen LogP contribution in [0.5, 0.6) is 0 Å². The minimum absolute atomic E-state index is 0.0567. The van der Waals surface area contributed by atoms with Gasteiger partial charge in [0.05, 0.1) is 4.92 Å². The fourth-order valence-corrected chi connectivity index (χ4v) is 2.20. The molecular formula is C14H10Cl2N2O3. The molecule has 0 bridgehead atoms. The molecule has 5 nitrogen and oxygen atoms in total. The van der Waals surface area contributed by atoms with Crippen LogP contribution in [0.15, 0.2) is 36.4 Å². The Hall–Kier alpha value is -2.11. The van der Waals surface area contributed by atoms with Gasteiger partial charge in [0, 0.05) is 21.8 Å². The van der Waals surface area contributed by atoms with Crippen molar-refractivity contribution in [2.45, 2.75) is 6.92 Å². The third-order valence-electron chi connectivity index (χ3n) is 2.84. The van der Waals surface area contributed by atoms with Gasteiger partial charge in [-0.05, 0) is 42.8 Å². The van der Waals surface area contributed by atoms with Gasteiger partial charge < -0.3 is 5.32 Å². The Bertz CT molecular complexity index is 732. The molecule has 0 aromatic heterocycles. The molecule has 0 unspecified atom stereocenters. The van der Waals surface area contributed by atoms with Crippen molar-refractivity contribution < 1.29 is 9.72 Å². The zero-order valence-electron chi connectivity index (χ0n) is 10.9. The molecule has 0 saturated carbocycles. The lowest BCUT2D eigenvalue weighted by atomic mass is 10.1. The Labute approximate surface area is 130 Å². The highest BCUT2D eigenvalue weighted by Gasteiger charge is 2.21. The first-order valence-electron chi connectivity index (χ1n) is 5.90. The number of rotatable bonds is 3. The van der Waals surface area contributed by atoms with Crippen LogP contribution in [0.2, 0.25) is 10.0 Å². The molecule has 0 heterocycles. The van der Waals surface area contributed by atoms with Crippen molar-refractivity contribution >= 4 is 40.5 Å². The molecule has 0 atom stereocenters. The molecule has 21 heavy (non-hydrogen) atoms. The van der Waals surface area contributed by atoms with Gasteiger partial charge >= 0.3 is 0 Å². The minimum Gasteiger partial charge on any atom is -0.322 e. The molecule has 108 valence electrons. The van der Waals surface area contributed by atoms with Crippen LogP contribution in [0, 0.1) is 17.0 Å². The summed E-state index contributed by atoms with van der Waals surface area (Å²) in [6.07, 6.45) is 0. The zero-order valence-corrected chi connectivity index (χ0v) is 12.4. The topological polar surface area (TPSA) is 72.2 Å². The summed E-state index contributed by atoms with van der Waals surface area (Å²) in [5.41, 5.74) is 0.895. The van der Waals surface area contributed by atoms with E-state index in [2.05, 4.69) is 5.32 Å². The summed E-state index contributed by atoms with van der Waals surface area (Å²) in [7, 11) is 0. The summed E-state index contributed by atoms with van der Waals surface area (Å²) in [5, 5.41) is 14.4. The van der Waals surface area contributed by atoms with Gasteiger partial charge in [0.25, 0.3) is 11.6 Å². The van der Waals surface area contributed by atoms with Gasteiger partial charge in [0.15, 0.2) is 0 Å². The minimum atomic E-state index is -0.643. The van der Waals surface area contributed by atoms with Gasteiger partial charge in [0.2, 0.25) is 0 Å². The smallest absolute Gasteiger partial charge is 0.283 e. The predicted molar refractivity (Wildman–Crippen MR) is 82.2 cm³/mol. The molecule has 0 saturated heterocycles. The Morgan fingerprint density at radius 3 is 2.38 bits per heavy atom. The van der Waals surface area contributed by atoms with E-state index in [1.54, 1.807) is 25.1 Å². The SMILES string of the molecule is Cc1cc(Cl)ccc1NC(=O)c1ccc(Cl)cc1[N+](=O)[O-]. The highest BCUT2D eigenvalue weighted by atomic mass is 35.5. The second-order valence-electron chi connectivity index (χ2n) is 4.33. The predicted octanol–water partition coefficient (Wildman–Crippen LogP) is 4.46. The number of aryl methyl sites for hydroxylation is 1. The number of nitro groups is 1. The monoisotopic (exact) mass is 324 g/mol. The molecule has 2 aromatic carbocycles. The van der Waals surface area contributed by atoms with Gasteiger partial charge in [-0.15, -0.1) is 0 Å². The number of nitrogens with one attached hydrogen (secondary N) is 1. The standard InChI is InChI=1S/C14H10Cl2N2O3/c1-8-6-9(15)3-5-12(8)17-14(19)11-4-2-10(16)7-13(11)18(20)21/h2-7H,1H3,(H,17,19). The maximum atomic E-state index is 12.2. The first kappa shape index (κ1) is 15.3. The molecule has 0 aliphatic carbocycles. The van der Waals surface area contributed by atoms with Crippen LogP contribution in [0.3, 0.4) is 0 Å². The largest absolute Gasteiger partial charge is 0.322 e. The van der Waals surface area contributed by atoms with E-state index in [0.717, 1.165) is 11.6 Å². The molecule has 0 aliphatic rings. The first-order chi connectivity index (χ1) is 9.88. The molecule has 0 radical (unpaired) electrons. The average Bonchev–Trinajstić information content (AvgIpc) is 2.41. The molecule has 1 amide bonds. The number of nitro benzene ring substituents is 1. The van der Waals surface area contributed by atoms with Crippen LogP contribution in [0.1, 0.15) is 15.9 Å². The molecule has 0 aliphatic heterocycles. The second kappa shape index (κ2) is 6.11. The highest BCUT2D eigenvalue weighted by molar-refractivity contribution is 6.31. The van der Waals surface area contributed by atoms with E-state index in [4.69, 9.17) is 23.2 Å². The van der Waals surface area contributed by atoms with E-state index in [9.17, 15) is 14.9 Å². The molecule has 7 heteroatoms. The van der Waals surface area contributed by atoms with E-state index in [1.807, 2.05) is 0 Å². The number of anilines is 1. The number of halogens is 2. The Balaban J connectivity index is 2.34. The lowest BCUT2D eigenvalue weighted by molar-refractivity contribution is -0.385. The van der Waals surface area contributed by atoms with Gasteiger partial charge in [-0.1, -0.05) is 23.2 Å². The Morgan fingerprint density at radius 2 is 1.76 bits per heavy atom. The number of hydrogen-bond acceptors (Lipinski definition) is 3. The Morgan fingerprint density at radius 1 is 1.14 bits per heavy atom. The van der Waals surface area contributed by atoms with Gasteiger partial charge in [-0.25, -0.2) is 0 Å². The number of benzene rings is 2. The number of nitrogens with zero attached hydrogens (tertiary/aromatic N) is 1. The summed E-state index contributed by atoms with van der Waals surface area (Å²) < 4.78 is 0. The van der Waals surface area contributed by atoms with Gasteiger partial charge in [0.1, 0.15) is 5.56 Å². The van der Waals surface area contributed by atoms with Crippen molar-refractivity contribution in [3.63, 3.8) is 0 Å². The normalized spacial score (nSPS) is 10.2. The van der Waals surface area contributed by atoms with Crippen molar-refractivity contribution in [3.8, 4) is 0 Å². The summed E-state index contributed by atoms with van der Waals surface area (Å²) >= 11 is 11.6. The van der Waals surface area contributed by atoms with Crippen molar-refractivity contribution in [2.24, 2.45) is 0 Å². The molecule has 2 aromatic rings. The van der Waals surface area contributed by atoms with E-state index in [1.165, 1.54) is 12.1 Å². The van der Waals surface area contributed by atoms with Crippen molar-refractivity contribution in [1.29, 1.82) is 0 Å².